The van der Waals surface area contributed by atoms with E-state index in [4.69, 9.17) is 5.73 Å². The number of guanidine groups is 1. The molecule has 3 N–H and O–H groups in total. The second kappa shape index (κ2) is 7.66. The summed E-state index contributed by atoms with van der Waals surface area (Å²) in [6, 6.07) is 0.454. The number of nitrogens with zero attached hydrogens (tertiary/aromatic N) is 1. The third kappa shape index (κ3) is 5.85. The van der Waals surface area contributed by atoms with Gasteiger partial charge >= 0.3 is 0 Å². The number of hydrogen-bond acceptors (Lipinski definition) is 3. The number of hydrogen-bond donors (Lipinski definition) is 2. The molecule has 2 rings (SSSR count). The third-order valence-electron chi connectivity index (χ3n) is 3.80. The van der Waals surface area contributed by atoms with Crippen LogP contribution in [0.2, 0.25) is 0 Å². The number of halogens is 1. The summed E-state index contributed by atoms with van der Waals surface area (Å²) in [6.07, 6.45) is 6.87. The lowest BCUT2D eigenvalue weighted by Crippen LogP contribution is -2.41. The molecule has 0 spiro atoms. The molecule has 0 amide bonds. The van der Waals surface area contributed by atoms with Crippen molar-refractivity contribution in [3.8, 4) is 0 Å². The van der Waals surface area contributed by atoms with Gasteiger partial charge in [0.15, 0.2) is 15.8 Å². The summed E-state index contributed by atoms with van der Waals surface area (Å²) in [5, 5.41) is 3.24. The maximum atomic E-state index is 11.3. The lowest BCUT2D eigenvalue weighted by atomic mass is 9.96. The predicted octanol–water partition coefficient (Wildman–Crippen LogP) is 1.28. The summed E-state index contributed by atoms with van der Waals surface area (Å²) in [5.74, 6) is 1.21. The second-order valence-corrected chi connectivity index (χ2v) is 7.70. The fourth-order valence-corrected chi connectivity index (χ4v) is 4.59. The monoisotopic (exact) mass is 401 g/mol. The van der Waals surface area contributed by atoms with E-state index < -0.39 is 9.84 Å². The number of rotatable bonds is 3. The van der Waals surface area contributed by atoms with Gasteiger partial charge in [0.2, 0.25) is 0 Å². The minimum absolute atomic E-state index is 0. The Balaban J connectivity index is 0.00000180. The highest BCUT2D eigenvalue weighted by Gasteiger charge is 2.27. The van der Waals surface area contributed by atoms with Gasteiger partial charge in [0.1, 0.15) is 0 Å². The van der Waals surface area contributed by atoms with Crippen LogP contribution in [0.5, 0.6) is 0 Å². The average molecular weight is 401 g/mol. The SMILES string of the molecule is I.NC(=NCC1CCS(=O)(=O)C1)NC1CCCCC1. The van der Waals surface area contributed by atoms with Crippen LogP contribution in [0.4, 0.5) is 0 Å². The highest BCUT2D eigenvalue weighted by Crippen LogP contribution is 2.19. The minimum Gasteiger partial charge on any atom is -0.370 e. The molecule has 0 aromatic carbocycles. The van der Waals surface area contributed by atoms with E-state index in [1.807, 2.05) is 0 Å². The predicted molar refractivity (Wildman–Crippen MR) is 88.7 cm³/mol. The Morgan fingerprint density at radius 2 is 1.89 bits per heavy atom. The molecular weight excluding hydrogens is 377 g/mol. The van der Waals surface area contributed by atoms with Crippen molar-refractivity contribution < 1.29 is 8.42 Å². The Morgan fingerprint density at radius 1 is 1.21 bits per heavy atom. The van der Waals surface area contributed by atoms with E-state index in [1.54, 1.807) is 0 Å². The van der Waals surface area contributed by atoms with Crippen molar-refractivity contribution in [2.24, 2.45) is 16.6 Å². The Bertz CT molecular complexity index is 405. The van der Waals surface area contributed by atoms with Gasteiger partial charge in [-0.15, -0.1) is 24.0 Å². The highest BCUT2D eigenvalue weighted by molar-refractivity contribution is 14.0. The van der Waals surface area contributed by atoms with Crippen molar-refractivity contribution in [2.45, 2.75) is 44.6 Å². The van der Waals surface area contributed by atoms with Crippen LogP contribution >= 0.6 is 24.0 Å². The molecule has 0 radical (unpaired) electrons. The molecule has 1 aliphatic carbocycles. The second-order valence-electron chi connectivity index (χ2n) is 5.47. The van der Waals surface area contributed by atoms with Crippen LogP contribution in [0.15, 0.2) is 4.99 Å². The first-order valence-corrected chi connectivity index (χ1v) is 8.64. The largest absolute Gasteiger partial charge is 0.370 e. The Morgan fingerprint density at radius 3 is 2.47 bits per heavy atom. The van der Waals surface area contributed by atoms with Gasteiger partial charge in [-0.2, -0.15) is 0 Å². The van der Waals surface area contributed by atoms with Gasteiger partial charge in [0.05, 0.1) is 11.5 Å². The lowest BCUT2D eigenvalue weighted by molar-refractivity contribution is 0.412. The van der Waals surface area contributed by atoms with Crippen LogP contribution in [0.3, 0.4) is 0 Å². The molecule has 2 fully saturated rings. The van der Waals surface area contributed by atoms with Crippen LogP contribution < -0.4 is 11.1 Å². The van der Waals surface area contributed by atoms with Crippen molar-refractivity contribution >= 4 is 39.8 Å². The van der Waals surface area contributed by atoms with Gasteiger partial charge in [0, 0.05) is 12.6 Å². The standard InChI is InChI=1S/C12H23N3O2S.HI/c13-12(15-11-4-2-1-3-5-11)14-8-10-6-7-18(16,17)9-10;/h10-11H,1-9H2,(H3,13,14,15);1H. The third-order valence-corrected chi connectivity index (χ3v) is 5.64. The van der Waals surface area contributed by atoms with Crippen LogP contribution in [-0.2, 0) is 9.84 Å². The van der Waals surface area contributed by atoms with Crippen LogP contribution in [0.25, 0.3) is 0 Å². The molecule has 0 aromatic rings. The molecule has 19 heavy (non-hydrogen) atoms. The summed E-state index contributed by atoms with van der Waals surface area (Å²) in [6.45, 7) is 0.533. The Labute approximate surface area is 132 Å². The maximum absolute atomic E-state index is 11.3. The molecule has 2 aliphatic rings. The summed E-state index contributed by atoms with van der Waals surface area (Å²) in [7, 11) is -2.80. The zero-order valence-corrected chi connectivity index (χ0v) is 14.3. The van der Waals surface area contributed by atoms with E-state index >= 15 is 0 Å². The number of nitrogens with two attached hydrogens (primary N) is 1. The summed E-state index contributed by atoms with van der Waals surface area (Å²) >= 11 is 0. The highest BCUT2D eigenvalue weighted by atomic mass is 127. The zero-order chi connectivity index (χ0) is 13.0. The fraction of sp³-hybridized carbons (Fsp3) is 0.917. The molecule has 0 aromatic heterocycles. The van der Waals surface area contributed by atoms with Crippen molar-refractivity contribution in [2.75, 3.05) is 18.1 Å². The molecule has 112 valence electrons. The number of sulfone groups is 1. The number of aliphatic imine (C=N–C) groups is 1. The fourth-order valence-electron chi connectivity index (χ4n) is 2.75. The quantitative estimate of drug-likeness (QED) is 0.424. The van der Waals surface area contributed by atoms with Gasteiger partial charge in [-0.25, -0.2) is 8.42 Å². The molecule has 5 nitrogen and oxygen atoms in total. The summed E-state index contributed by atoms with van der Waals surface area (Å²) in [4.78, 5) is 4.28. The van der Waals surface area contributed by atoms with Crippen molar-refractivity contribution in [1.29, 1.82) is 0 Å². The molecule has 1 heterocycles. The molecular formula is C12H24IN3O2S. The summed E-state index contributed by atoms with van der Waals surface area (Å²) in [5.41, 5.74) is 5.84. The molecule has 1 aliphatic heterocycles. The van der Waals surface area contributed by atoms with Crippen LogP contribution in [0, 0.1) is 5.92 Å². The molecule has 1 atom stereocenters. The van der Waals surface area contributed by atoms with Gasteiger partial charge in [0.25, 0.3) is 0 Å². The molecule has 0 bridgehead atoms. The Kier molecular flexibility index (Phi) is 6.85. The molecule has 7 heteroatoms. The lowest BCUT2D eigenvalue weighted by Gasteiger charge is -2.23. The van der Waals surface area contributed by atoms with Crippen LogP contribution in [0.1, 0.15) is 38.5 Å². The normalized spacial score (nSPS) is 27.8. The van der Waals surface area contributed by atoms with E-state index in [0.717, 1.165) is 19.3 Å². The Hall–Kier alpha value is -0.0500. The average Bonchev–Trinajstić information content (AvgIpc) is 2.68. The van der Waals surface area contributed by atoms with Gasteiger partial charge in [-0.3, -0.25) is 4.99 Å². The first kappa shape index (κ1) is 17.0. The molecule has 1 saturated heterocycles. The van der Waals surface area contributed by atoms with Crippen molar-refractivity contribution in [3.63, 3.8) is 0 Å². The van der Waals surface area contributed by atoms with E-state index in [1.165, 1.54) is 19.3 Å². The van der Waals surface area contributed by atoms with E-state index in [-0.39, 0.29) is 35.6 Å². The smallest absolute Gasteiger partial charge is 0.188 e. The number of nitrogens with one attached hydrogen (secondary N) is 1. The van der Waals surface area contributed by atoms with Gasteiger partial charge in [-0.1, -0.05) is 19.3 Å². The first-order chi connectivity index (χ1) is 8.55. The molecule has 1 saturated carbocycles. The van der Waals surface area contributed by atoms with Gasteiger partial charge < -0.3 is 11.1 Å². The minimum atomic E-state index is -2.80. The van der Waals surface area contributed by atoms with Crippen molar-refractivity contribution in [3.05, 3.63) is 0 Å². The zero-order valence-electron chi connectivity index (χ0n) is 11.2. The van der Waals surface area contributed by atoms with E-state index in [9.17, 15) is 8.42 Å². The first-order valence-electron chi connectivity index (χ1n) is 6.82. The van der Waals surface area contributed by atoms with Gasteiger partial charge in [-0.05, 0) is 25.2 Å². The maximum Gasteiger partial charge on any atom is 0.188 e. The summed E-state index contributed by atoms with van der Waals surface area (Å²) < 4.78 is 22.6. The van der Waals surface area contributed by atoms with E-state index in [2.05, 4.69) is 10.3 Å². The van der Waals surface area contributed by atoms with Crippen molar-refractivity contribution in [1.82, 2.24) is 5.32 Å². The molecule has 1 unspecified atom stereocenters. The van der Waals surface area contributed by atoms with E-state index in [0.29, 0.717) is 24.3 Å². The van der Waals surface area contributed by atoms with Crippen LogP contribution in [-0.4, -0.2) is 38.5 Å². The topological polar surface area (TPSA) is 84.5 Å².